The normalized spacial score (nSPS) is 13.5. The molecule has 1 saturated heterocycles. The molecule has 15 heavy (non-hydrogen) atoms. The molecule has 1 rings (SSSR count). The zero-order valence-corrected chi connectivity index (χ0v) is 9.96. The summed E-state index contributed by atoms with van der Waals surface area (Å²) in [5, 5.41) is 2.58. The number of hydrogen-bond acceptors (Lipinski definition) is 2. The fourth-order valence-electron chi connectivity index (χ4n) is 1.06. The van der Waals surface area contributed by atoms with Crippen LogP contribution >= 0.6 is 0 Å². The molecule has 0 spiro atoms. The van der Waals surface area contributed by atoms with Gasteiger partial charge >= 0.3 is 0 Å². The second-order valence-electron chi connectivity index (χ2n) is 3.61. The third-order valence-corrected chi connectivity index (χ3v) is 1.89. The maximum atomic E-state index is 11.6. The number of rotatable bonds is 3. The molecule has 4 nitrogen and oxygen atoms in total. The summed E-state index contributed by atoms with van der Waals surface area (Å²) < 4.78 is 0. The van der Waals surface area contributed by atoms with Crippen molar-refractivity contribution in [3.63, 3.8) is 0 Å². The fourth-order valence-corrected chi connectivity index (χ4v) is 1.06. The van der Waals surface area contributed by atoms with Crippen LogP contribution in [0.4, 0.5) is 0 Å². The molecule has 1 aliphatic rings. The highest BCUT2D eigenvalue weighted by Gasteiger charge is 2.37. The van der Waals surface area contributed by atoms with Crippen LogP contribution in [0.25, 0.3) is 0 Å². The molecule has 0 saturated carbocycles. The van der Waals surface area contributed by atoms with E-state index in [9.17, 15) is 9.59 Å². The van der Waals surface area contributed by atoms with Crippen LogP contribution in [0.3, 0.4) is 0 Å². The molecule has 0 aromatic heterocycles. The van der Waals surface area contributed by atoms with Crippen LogP contribution in [0.15, 0.2) is 12.7 Å². The zero-order valence-electron chi connectivity index (χ0n) is 9.96. The van der Waals surface area contributed by atoms with Crippen LogP contribution < -0.4 is 5.32 Å². The van der Waals surface area contributed by atoms with Crippen LogP contribution in [0, 0.1) is 0 Å². The van der Waals surface area contributed by atoms with E-state index in [0.717, 1.165) is 19.2 Å². The van der Waals surface area contributed by atoms with Crippen LogP contribution in [0.2, 0.25) is 0 Å². The molecule has 4 heteroatoms. The summed E-state index contributed by atoms with van der Waals surface area (Å²) >= 11 is 0. The first-order chi connectivity index (χ1) is 6.97. The van der Waals surface area contributed by atoms with Gasteiger partial charge in [0.25, 0.3) is 0 Å². The Hall–Kier alpha value is -1.32. The van der Waals surface area contributed by atoms with E-state index in [0.29, 0.717) is 0 Å². The van der Waals surface area contributed by atoms with Gasteiger partial charge in [-0.1, -0.05) is 20.4 Å². The quantitative estimate of drug-likeness (QED) is 0.559. The van der Waals surface area contributed by atoms with E-state index >= 15 is 0 Å². The molecule has 1 N–H and O–H groups in total. The Morgan fingerprint density at radius 2 is 1.80 bits per heavy atom. The molecule has 1 fully saturated rings. The van der Waals surface area contributed by atoms with Crippen molar-refractivity contribution in [2.45, 2.75) is 33.2 Å². The van der Waals surface area contributed by atoms with E-state index in [2.05, 4.69) is 11.9 Å². The Balaban J connectivity index is 0.000000921. The van der Waals surface area contributed by atoms with E-state index < -0.39 is 5.54 Å². The van der Waals surface area contributed by atoms with Gasteiger partial charge in [-0.05, 0) is 19.9 Å². The van der Waals surface area contributed by atoms with Gasteiger partial charge in [0.15, 0.2) is 0 Å². The lowest BCUT2D eigenvalue weighted by atomic mass is 10.0. The summed E-state index contributed by atoms with van der Waals surface area (Å²) in [6.45, 7) is 12.3. The van der Waals surface area contributed by atoms with Crippen molar-refractivity contribution in [3.8, 4) is 0 Å². The average Bonchev–Trinajstić information content (AvgIpc) is 3.02. The first-order valence-electron chi connectivity index (χ1n) is 5.21. The summed E-state index contributed by atoms with van der Waals surface area (Å²) in [6, 6.07) is 0. The van der Waals surface area contributed by atoms with Crippen molar-refractivity contribution in [1.29, 1.82) is 0 Å². The van der Waals surface area contributed by atoms with Crippen LogP contribution in [0.5, 0.6) is 0 Å². The predicted octanol–water partition coefficient (Wildman–Crippen LogP) is 0.936. The van der Waals surface area contributed by atoms with E-state index in [1.54, 1.807) is 18.7 Å². The van der Waals surface area contributed by atoms with Crippen molar-refractivity contribution in [1.82, 2.24) is 10.2 Å². The Morgan fingerprint density at radius 3 is 2.13 bits per heavy atom. The third-order valence-electron chi connectivity index (χ3n) is 1.89. The van der Waals surface area contributed by atoms with Gasteiger partial charge in [0.1, 0.15) is 5.54 Å². The minimum atomic E-state index is -0.818. The largest absolute Gasteiger partial charge is 0.339 e. The lowest BCUT2D eigenvalue weighted by Crippen LogP contribution is -2.51. The summed E-state index contributed by atoms with van der Waals surface area (Å²) in [6.07, 6.45) is 1.16. The number of nitrogens with one attached hydrogen (secondary N) is 1. The Kier molecular flexibility index (Phi) is 5.05. The molecule has 1 aliphatic heterocycles. The maximum Gasteiger partial charge on any atom is 0.247 e. The molecular formula is C11H20N2O2. The number of amides is 2. The van der Waals surface area contributed by atoms with Crippen molar-refractivity contribution in [2.24, 2.45) is 0 Å². The average molecular weight is 212 g/mol. The predicted molar refractivity (Wildman–Crippen MR) is 60.3 cm³/mol. The lowest BCUT2D eigenvalue weighted by Gasteiger charge is -2.24. The van der Waals surface area contributed by atoms with Gasteiger partial charge in [-0.15, -0.1) is 0 Å². The molecule has 86 valence electrons. The van der Waals surface area contributed by atoms with Gasteiger partial charge in [0.05, 0.1) is 0 Å². The van der Waals surface area contributed by atoms with E-state index in [1.165, 1.54) is 0 Å². The van der Waals surface area contributed by atoms with Crippen molar-refractivity contribution >= 4 is 11.8 Å². The number of hydrogen-bond donors (Lipinski definition) is 1. The van der Waals surface area contributed by atoms with Gasteiger partial charge in [-0.25, -0.2) is 0 Å². The highest BCUT2D eigenvalue weighted by molar-refractivity contribution is 5.95. The first-order valence-corrected chi connectivity index (χ1v) is 5.21. The van der Waals surface area contributed by atoms with Crippen LogP contribution in [-0.2, 0) is 9.59 Å². The van der Waals surface area contributed by atoms with Crippen LogP contribution in [0.1, 0.15) is 27.7 Å². The topological polar surface area (TPSA) is 49.2 Å². The first kappa shape index (κ1) is 13.7. The third kappa shape index (κ3) is 4.14. The molecule has 0 aliphatic carbocycles. The van der Waals surface area contributed by atoms with Crippen molar-refractivity contribution < 1.29 is 9.59 Å². The summed E-state index contributed by atoms with van der Waals surface area (Å²) in [4.78, 5) is 24.2. The molecule has 0 aromatic carbocycles. The van der Waals surface area contributed by atoms with E-state index in [4.69, 9.17) is 0 Å². The summed E-state index contributed by atoms with van der Waals surface area (Å²) in [5.74, 6) is -0.358. The molecule has 0 aromatic rings. The summed E-state index contributed by atoms with van der Waals surface area (Å²) in [7, 11) is 0. The number of carbonyl (C=O) groups is 2. The van der Waals surface area contributed by atoms with Gasteiger partial charge in [0.2, 0.25) is 11.8 Å². The maximum absolute atomic E-state index is 11.6. The Bertz CT molecular complexity index is 255. The van der Waals surface area contributed by atoms with Crippen LogP contribution in [-0.4, -0.2) is 35.3 Å². The second kappa shape index (κ2) is 5.53. The molecule has 2 amide bonds. The van der Waals surface area contributed by atoms with Crippen molar-refractivity contribution in [2.75, 3.05) is 13.1 Å². The highest BCUT2D eigenvalue weighted by atomic mass is 16.2. The Morgan fingerprint density at radius 1 is 1.33 bits per heavy atom. The zero-order chi connectivity index (χ0) is 12.1. The monoisotopic (exact) mass is 212 g/mol. The highest BCUT2D eigenvalue weighted by Crippen LogP contribution is 2.14. The molecule has 0 radical (unpaired) electrons. The van der Waals surface area contributed by atoms with Crippen molar-refractivity contribution in [3.05, 3.63) is 12.7 Å². The van der Waals surface area contributed by atoms with Gasteiger partial charge < -0.3 is 10.2 Å². The van der Waals surface area contributed by atoms with Gasteiger partial charge in [-0.2, -0.15) is 0 Å². The molecular weight excluding hydrogens is 192 g/mol. The molecule has 0 unspecified atom stereocenters. The minimum absolute atomic E-state index is 0.0392. The Labute approximate surface area is 91.3 Å². The molecule has 1 heterocycles. The number of carbonyl (C=O) groups excluding carboxylic acids is 2. The summed E-state index contributed by atoms with van der Waals surface area (Å²) in [5.41, 5.74) is -0.818. The van der Waals surface area contributed by atoms with E-state index in [1.807, 2.05) is 13.8 Å². The lowest BCUT2D eigenvalue weighted by molar-refractivity contribution is -0.134. The molecule has 0 atom stereocenters. The smallest absolute Gasteiger partial charge is 0.247 e. The fraction of sp³-hybridized carbons (Fsp3) is 0.636. The second-order valence-corrected chi connectivity index (χ2v) is 3.61. The van der Waals surface area contributed by atoms with E-state index in [-0.39, 0.29) is 11.8 Å². The standard InChI is InChI=1S/C9H14N2O2.C2H6/c1-4-7(12)10-9(2,3)8(13)11-5-6-11;1-2/h4H,1,5-6H2,2-3H3,(H,10,12);1-2H3. The van der Waals surface area contributed by atoms with Gasteiger partial charge in [0, 0.05) is 13.1 Å². The molecule has 0 bridgehead atoms. The van der Waals surface area contributed by atoms with Gasteiger partial charge in [-0.3, -0.25) is 9.59 Å². The SMILES string of the molecule is C=CC(=O)NC(C)(C)C(=O)N1CC1.CC. The number of nitrogens with zero attached hydrogens (tertiary/aromatic N) is 1. The minimum Gasteiger partial charge on any atom is -0.339 e.